The van der Waals surface area contributed by atoms with Crippen molar-refractivity contribution in [3.8, 4) is 16.9 Å². The number of aryl methyl sites for hydroxylation is 2. The maximum absolute atomic E-state index is 12.8. The Hall–Kier alpha value is -3.39. The zero-order valence-corrected chi connectivity index (χ0v) is 15.8. The first-order valence-corrected chi connectivity index (χ1v) is 9.76. The summed E-state index contributed by atoms with van der Waals surface area (Å²) in [6.45, 7) is 3.00. The average molecular weight is 397 g/mol. The first-order valence-electron chi connectivity index (χ1n) is 8.35. The third kappa shape index (κ3) is 3.07. The van der Waals surface area contributed by atoms with Crippen molar-refractivity contribution in [1.82, 2.24) is 5.16 Å². The second kappa shape index (κ2) is 6.65. The van der Waals surface area contributed by atoms with E-state index >= 15 is 0 Å². The summed E-state index contributed by atoms with van der Waals surface area (Å²) in [5.74, 6) is 0.153. The molecule has 4 aromatic rings. The minimum Gasteiger partial charge on any atom is -0.463 e. The summed E-state index contributed by atoms with van der Waals surface area (Å²) in [4.78, 5) is 12.6. The maximum atomic E-state index is 12.8. The number of hydrogen-bond acceptors (Lipinski definition) is 7. The number of benzene rings is 2. The molecule has 2 aromatic heterocycles. The molecule has 0 atom stereocenters. The molecule has 28 heavy (non-hydrogen) atoms. The van der Waals surface area contributed by atoms with E-state index in [2.05, 4.69) is 5.16 Å². The molecule has 0 saturated carbocycles. The second-order valence-corrected chi connectivity index (χ2v) is 7.68. The Bertz CT molecular complexity index is 1320. The van der Waals surface area contributed by atoms with Crippen LogP contribution >= 0.6 is 0 Å². The standard InChI is InChI=1S/C20H15NO6S/c1-12-20(13(2)26-21-12)28(23,24)27-15-8-9-16-18(10-15)25-11-17(19(16)22)14-6-4-3-5-7-14/h3-11H,1-2H3. The van der Waals surface area contributed by atoms with Gasteiger partial charge in [-0.25, -0.2) is 0 Å². The lowest BCUT2D eigenvalue weighted by Crippen LogP contribution is -2.12. The molecule has 0 amide bonds. The summed E-state index contributed by atoms with van der Waals surface area (Å²) in [6, 6.07) is 13.4. The lowest BCUT2D eigenvalue weighted by molar-refractivity contribution is 0.390. The predicted octanol–water partition coefficient (Wildman–Crippen LogP) is 3.83. The van der Waals surface area contributed by atoms with Crippen LogP contribution in [0, 0.1) is 13.8 Å². The molecular weight excluding hydrogens is 382 g/mol. The van der Waals surface area contributed by atoms with E-state index in [9.17, 15) is 13.2 Å². The van der Waals surface area contributed by atoms with Crippen molar-refractivity contribution in [3.63, 3.8) is 0 Å². The largest absolute Gasteiger partial charge is 0.463 e. The average Bonchev–Trinajstić information content (AvgIpc) is 3.01. The van der Waals surface area contributed by atoms with Gasteiger partial charge in [0, 0.05) is 6.07 Å². The van der Waals surface area contributed by atoms with Gasteiger partial charge in [-0.2, -0.15) is 8.42 Å². The van der Waals surface area contributed by atoms with Crippen LogP contribution in [0.5, 0.6) is 5.75 Å². The van der Waals surface area contributed by atoms with E-state index < -0.39 is 10.1 Å². The Morgan fingerprint density at radius 1 is 1.04 bits per heavy atom. The highest BCUT2D eigenvalue weighted by Crippen LogP contribution is 2.27. The monoisotopic (exact) mass is 397 g/mol. The molecule has 0 bridgehead atoms. The van der Waals surface area contributed by atoms with Crippen LogP contribution in [0.3, 0.4) is 0 Å². The van der Waals surface area contributed by atoms with Crippen molar-refractivity contribution in [2.24, 2.45) is 0 Å². The first-order chi connectivity index (χ1) is 13.4. The van der Waals surface area contributed by atoms with Crippen molar-refractivity contribution in [1.29, 1.82) is 0 Å². The van der Waals surface area contributed by atoms with Crippen LogP contribution in [0.25, 0.3) is 22.1 Å². The summed E-state index contributed by atoms with van der Waals surface area (Å²) in [5.41, 5.74) is 1.37. The van der Waals surface area contributed by atoms with Gasteiger partial charge in [-0.15, -0.1) is 0 Å². The van der Waals surface area contributed by atoms with E-state index in [1.54, 1.807) is 0 Å². The van der Waals surface area contributed by atoms with Crippen molar-refractivity contribution in [2.45, 2.75) is 18.7 Å². The van der Waals surface area contributed by atoms with Crippen LogP contribution in [0.15, 0.2) is 73.4 Å². The molecule has 0 N–H and O–H groups in total. The minimum atomic E-state index is -4.14. The Balaban J connectivity index is 1.74. The fourth-order valence-corrected chi connectivity index (χ4v) is 4.21. The van der Waals surface area contributed by atoms with Crippen LogP contribution in [0.2, 0.25) is 0 Å². The van der Waals surface area contributed by atoms with Gasteiger partial charge in [-0.3, -0.25) is 4.79 Å². The molecule has 0 aliphatic carbocycles. The molecule has 7 nitrogen and oxygen atoms in total. The molecule has 0 aliphatic rings. The summed E-state index contributed by atoms with van der Waals surface area (Å²) in [7, 11) is -4.14. The fourth-order valence-electron chi connectivity index (χ4n) is 2.98. The molecule has 0 radical (unpaired) electrons. The molecule has 4 rings (SSSR count). The molecule has 0 fully saturated rings. The molecule has 2 heterocycles. The first kappa shape index (κ1) is 18.0. The van der Waals surface area contributed by atoms with Gasteiger partial charge in [0.1, 0.15) is 23.3 Å². The van der Waals surface area contributed by atoms with E-state index in [1.165, 1.54) is 38.3 Å². The van der Waals surface area contributed by atoms with Crippen LogP contribution in [-0.4, -0.2) is 13.6 Å². The summed E-state index contributed by atoms with van der Waals surface area (Å²) < 4.78 is 40.7. The number of nitrogens with zero attached hydrogens (tertiary/aromatic N) is 1. The van der Waals surface area contributed by atoms with E-state index in [4.69, 9.17) is 13.1 Å². The van der Waals surface area contributed by atoms with Gasteiger partial charge in [0.05, 0.1) is 10.9 Å². The van der Waals surface area contributed by atoms with Crippen LogP contribution in [-0.2, 0) is 10.1 Å². The van der Waals surface area contributed by atoms with Crippen molar-refractivity contribution in [3.05, 3.63) is 76.5 Å². The van der Waals surface area contributed by atoms with E-state index in [0.29, 0.717) is 10.9 Å². The topological polar surface area (TPSA) is 99.6 Å². The summed E-state index contributed by atoms with van der Waals surface area (Å²) >= 11 is 0. The number of rotatable bonds is 4. The molecule has 0 spiro atoms. The van der Waals surface area contributed by atoms with Crippen LogP contribution in [0.1, 0.15) is 11.5 Å². The predicted molar refractivity (Wildman–Crippen MR) is 102 cm³/mol. The van der Waals surface area contributed by atoms with Gasteiger partial charge in [-0.1, -0.05) is 35.5 Å². The van der Waals surface area contributed by atoms with Crippen molar-refractivity contribution >= 4 is 21.1 Å². The zero-order chi connectivity index (χ0) is 19.9. The van der Waals surface area contributed by atoms with Gasteiger partial charge in [0.2, 0.25) is 0 Å². The lowest BCUT2D eigenvalue weighted by Gasteiger charge is -2.08. The highest BCUT2D eigenvalue weighted by atomic mass is 32.2. The normalized spacial score (nSPS) is 11.6. The van der Waals surface area contributed by atoms with Crippen molar-refractivity contribution < 1.29 is 21.5 Å². The summed E-state index contributed by atoms with van der Waals surface area (Å²) in [6.07, 6.45) is 1.35. The van der Waals surface area contributed by atoms with Gasteiger partial charge in [-0.05, 0) is 31.5 Å². The highest BCUT2D eigenvalue weighted by Gasteiger charge is 2.26. The molecular formula is C20H15NO6S. The molecule has 8 heteroatoms. The molecule has 2 aromatic carbocycles. The van der Waals surface area contributed by atoms with Crippen molar-refractivity contribution in [2.75, 3.05) is 0 Å². The van der Waals surface area contributed by atoms with Gasteiger partial charge < -0.3 is 13.1 Å². The Morgan fingerprint density at radius 3 is 2.46 bits per heavy atom. The lowest BCUT2D eigenvalue weighted by atomic mass is 10.1. The van der Waals surface area contributed by atoms with Crippen LogP contribution in [0.4, 0.5) is 0 Å². The summed E-state index contributed by atoms with van der Waals surface area (Å²) in [5, 5.41) is 3.95. The molecule has 0 unspecified atom stereocenters. The molecule has 0 saturated heterocycles. The van der Waals surface area contributed by atoms with Gasteiger partial charge in [0.15, 0.2) is 16.1 Å². The molecule has 142 valence electrons. The number of aromatic nitrogens is 1. The second-order valence-electron chi connectivity index (χ2n) is 6.19. The van der Waals surface area contributed by atoms with Gasteiger partial charge in [0.25, 0.3) is 0 Å². The highest BCUT2D eigenvalue weighted by molar-refractivity contribution is 7.87. The third-order valence-corrected chi connectivity index (χ3v) is 5.75. The smallest absolute Gasteiger partial charge is 0.344 e. The third-order valence-electron chi connectivity index (χ3n) is 4.25. The van der Waals surface area contributed by atoms with E-state index in [1.807, 2.05) is 30.3 Å². The molecule has 0 aliphatic heterocycles. The number of fused-ring (bicyclic) bond motifs is 1. The van der Waals surface area contributed by atoms with E-state index in [-0.39, 0.29) is 33.1 Å². The Morgan fingerprint density at radius 2 is 1.79 bits per heavy atom. The quantitative estimate of drug-likeness (QED) is 0.482. The zero-order valence-electron chi connectivity index (χ0n) is 15.0. The fraction of sp³-hybridized carbons (Fsp3) is 0.100. The number of hydrogen-bond donors (Lipinski definition) is 0. The van der Waals surface area contributed by atoms with Gasteiger partial charge >= 0.3 is 10.1 Å². The van der Waals surface area contributed by atoms with Crippen LogP contribution < -0.4 is 9.61 Å². The Labute approximate surface area is 160 Å². The Kier molecular flexibility index (Phi) is 4.27. The SMILES string of the molecule is Cc1noc(C)c1S(=O)(=O)Oc1ccc2c(=O)c(-c3ccccc3)coc2c1. The van der Waals surface area contributed by atoms with E-state index in [0.717, 1.165) is 5.56 Å². The maximum Gasteiger partial charge on any atom is 0.344 e. The minimum absolute atomic E-state index is 0.0168.